The van der Waals surface area contributed by atoms with E-state index in [1.807, 2.05) is 0 Å². The Kier molecular flexibility index (Phi) is 7.99. The van der Waals surface area contributed by atoms with Gasteiger partial charge in [0, 0.05) is 0 Å². The van der Waals surface area contributed by atoms with E-state index in [0.717, 1.165) is 0 Å². The van der Waals surface area contributed by atoms with Crippen molar-refractivity contribution in [3.8, 4) is 0 Å². The normalized spacial score (nSPS) is 39.8. The lowest BCUT2D eigenvalue weighted by molar-refractivity contribution is -0.0638. The summed E-state index contributed by atoms with van der Waals surface area (Å²) >= 11 is 16.8. The van der Waals surface area contributed by atoms with Crippen molar-refractivity contribution in [3.05, 3.63) is 0 Å². The van der Waals surface area contributed by atoms with Gasteiger partial charge in [-0.15, -0.1) is 50.5 Å². The molecule has 1 fully saturated rings. The first kappa shape index (κ1) is 15.3. The smallest absolute Gasteiger partial charge is 0.124 e. The Balaban J connectivity index is 2.39. The molecule has 8 heteroatoms. The van der Waals surface area contributed by atoms with Gasteiger partial charge in [-0.05, 0) is 0 Å². The zero-order chi connectivity index (χ0) is 12.0. The summed E-state index contributed by atoms with van der Waals surface area (Å²) in [5.74, 6) is 0. The lowest BCUT2D eigenvalue weighted by Gasteiger charge is -2.22. The summed E-state index contributed by atoms with van der Waals surface area (Å²) in [6.07, 6.45) is 0. The van der Waals surface area contributed by atoms with Gasteiger partial charge >= 0.3 is 0 Å². The first-order valence-electron chi connectivity index (χ1n) is 4.76. The molecule has 0 aliphatic carbocycles. The molecule has 16 heavy (non-hydrogen) atoms. The summed E-state index contributed by atoms with van der Waals surface area (Å²) in [6.45, 7) is 1.33. The lowest BCUT2D eigenvalue weighted by Crippen LogP contribution is -2.29. The van der Waals surface area contributed by atoms with Crippen molar-refractivity contribution in [1.29, 1.82) is 0 Å². The fraction of sp³-hybridized carbons (Fsp3) is 1.00. The first-order chi connectivity index (χ1) is 7.58. The van der Waals surface area contributed by atoms with E-state index in [-0.39, 0.29) is 21.7 Å². The van der Waals surface area contributed by atoms with Gasteiger partial charge in [0.15, 0.2) is 0 Å². The van der Waals surface area contributed by atoms with Gasteiger partial charge in [0.2, 0.25) is 0 Å². The largest absolute Gasteiger partial charge is 0.362 e. The van der Waals surface area contributed by atoms with Crippen molar-refractivity contribution in [2.75, 3.05) is 26.4 Å². The molecule has 0 saturated carbocycles. The predicted molar refractivity (Wildman–Crippen MR) is 74.9 cm³/mol. The molecule has 96 valence electrons. The average Bonchev–Trinajstić information content (AvgIpc) is 2.27. The summed E-state index contributed by atoms with van der Waals surface area (Å²) in [5, 5.41) is 0. The van der Waals surface area contributed by atoms with E-state index in [1.54, 1.807) is 0 Å². The van der Waals surface area contributed by atoms with Crippen LogP contribution in [0.15, 0.2) is 0 Å². The monoisotopic (exact) mass is 304 g/mol. The fourth-order valence-corrected chi connectivity index (χ4v) is 1.65. The van der Waals surface area contributed by atoms with Crippen LogP contribution in [0.2, 0.25) is 0 Å². The van der Waals surface area contributed by atoms with Crippen LogP contribution in [-0.2, 0) is 18.9 Å². The molecular formula is C8H16O4S4. The zero-order valence-electron chi connectivity index (χ0n) is 8.56. The maximum atomic E-state index is 5.35. The van der Waals surface area contributed by atoms with Gasteiger partial charge in [-0.2, -0.15) is 0 Å². The van der Waals surface area contributed by atoms with Crippen molar-refractivity contribution in [1.82, 2.24) is 0 Å². The van der Waals surface area contributed by atoms with Gasteiger partial charge in [-0.1, -0.05) is 0 Å². The van der Waals surface area contributed by atoms with E-state index in [0.29, 0.717) is 26.4 Å². The Morgan fingerprint density at radius 3 is 0.875 bits per heavy atom. The molecule has 0 spiro atoms. The summed E-state index contributed by atoms with van der Waals surface area (Å²) in [4.78, 5) is 0. The molecular weight excluding hydrogens is 288 g/mol. The molecule has 1 heterocycles. The Morgan fingerprint density at radius 2 is 0.688 bits per heavy atom. The van der Waals surface area contributed by atoms with Gasteiger partial charge < -0.3 is 18.9 Å². The summed E-state index contributed by atoms with van der Waals surface area (Å²) in [6, 6.07) is 0. The molecule has 0 aromatic rings. The van der Waals surface area contributed by atoms with Crippen LogP contribution in [0.5, 0.6) is 0 Å². The van der Waals surface area contributed by atoms with Crippen LogP contribution in [0.25, 0.3) is 0 Å². The number of hydrogen-bond donors (Lipinski definition) is 4. The molecule has 4 atom stereocenters. The number of ether oxygens (including phenoxy) is 4. The third-order valence-corrected chi connectivity index (χ3v) is 2.92. The standard InChI is InChI=1S/C8H16O4S4/c13-5-1-9-6(14)2-11-8(16)4-12-7(15)3-10-5/h5-8,13-16H,1-4H2. The van der Waals surface area contributed by atoms with Crippen LogP contribution < -0.4 is 0 Å². The molecule has 1 aliphatic heterocycles. The topological polar surface area (TPSA) is 36.9 Å². The third-order valence-electron chi connectivity index (χ3n) is 1.72. The second-order valence-corrected chi connectivity index (χ2v) is 5.46. The molecule has 4 nitrogen and oxygen atoms in total. The van der Waals surface area contributed by atoms with Gasteiger partial charge in [0.05, 0.1) is 26.4 Å². The van der Waals surface area contributed by atoms with Crippen molar-refractivity contribution < 1.29 is 18.9 Å². The lowest BCUT2D eigenvalue weighted by atomic mass is 10.6. The van der Waals surface area contributed by atoms with E-state index in [4.69, 9.17) is 18.9 Å². The molecule has 0 radical (unpaired) electrons. The highest BCUT2D eigenvalue weighted by Crippen LogP contribution is 2.11. The van der Waals surface area contributed by atoms with Crippen LogP contribution in [0.1, 0.15) is 0 Å². The molecule has 0 N–H and O–H groups in total. The first-order valence-corrected chi connectivity index (χ1v) is 6.83. The van der Waals surface area contributed by atoms with E-state index >= 15 is 0 Å². The summed E-state index contributed by atoms with van der Waals surface area (Å²) in [7, 11) is 0. The predicted octanol–water partition coefficient (Wildman–Crippen LogP) is 1.09. The second kappa shape index (κ2) is 8.36. The van der Waals surface area contributed by atoms with Crippen molar-refractivity contribution in [2.45, 2.75) is 21.7 Å². The SMILES string of the molecule is SC1COC(S)COC(S)COC(S)CO1. The van der Waals surface area contributed by atoms with Crippen LogP contribution in [0.3, 0.4) is 0 Å². The van der Waals surface area contributed by atoms with Gasteiger partial charge in [-0.25, -0.2) is 0 Å². The van der Waals surface area contributed by atoms with E-state index in [2.05, 4.69) is 50.5 Å². The van der Waals surface area contributed by atoms with E-state index in [9.17, 15) is 0 Å². The van der Waals surface area contributed by atoms with Crippen LogP contribution >= 0.6 is 50.5 Å². The van der Waals surface area contributed by atoms with Gasteiger partial charge in [-0.3, -0.25) is 0 Å². The second-order valence-electron chi connectivity index (χ2n) is 3.15. The van der Waals surface area contributed by atoms with Crippen LogP contribution in [0.4, 0.5) is 0 Å². The number of rotatable bonds is 0. The highest BCUT2D eigenvalue weighted by atomic mass is 32.1. The minimum absolute atomic E-state index is 0.320. The molecule has 1 rings (SSSR count). The number of hydrogen-bond acceptors (Lipinski definition) is 8. The maximum absolute atomic E-state index is 5.35. The highest BCUT2D eigenvalue weighted by Gasteiger charge is 2.15. The number of thiol groups is 4. The Bertz CT molecular complexity index is 141. The van der Waals surface area contributed by atoms with Crippen LogP contribution in [-0.4, -0.2) is 48.2 Å². The van der Waals surface area contributed by atoms with Crippen molar-refractivity contribution in [3.63, 3.8) is 0 Å². The zero-order valence-corrected chi connectivity index (χ0v) is 12.1. The molecule has 0 bridgehead atoms. The average molecular weight is 304 g/mol. The van der Waals surface area contributed by atoms with Gasteiger partial charge in [0.25, 0.3) is 0 Å². The van der Waals surface area contributed by atoms with Gasteiger partial charge in [0.1, 0.15) is 21.7 Å². The highest BCUT2D eigenvalue weighted by molar-refractivity contribution is 7.81. The molecule has 1 aliphatic rings. The molecule has 0 aromatic heterocycles. The fourth-order valence-electron chi connectivity index (χ4n) is 0.966. The van der Waals surface area contributed by atoms with Crippen molar-refractivity contribution in [2.24, 2.45) is 0 Å². The Morgan fingerprint density at radius 1 is 0.500 bits per heavy atom. The summed E-state index contributed by atoms with van der Waals surface area (Å²) in [5.41, 5.74) is -1.28. The maximum Gasteiger partial charge on any atom is 0.124 e. The molecule has 0 amide bonds. The van der Waals surface area contributed by atoms with Crippen LogP contribution in [0, 0.1) is 0 Å². The quantitative estimate of drug-likeness (QED) is 0.506. The minimum atomic E-state index is -0.320. The molecule has 0 aromatic carbocycles. The minimum Gasteiger partial charge on any atom is -0.362 e. The Hall–Kier alpha value is 1.24. The molecule has 1 saturated heterocycles. The Labute approximate surface area is 117 Å². The summed E-state index contributed by atoms with van der Waals surface area (Å²) < 4.78 is 21.4. The van der Waals surface area contributed by atoms with E-state index in [1.165, 1.54) is 0 Å². The van der Waals surface area contributed by atoms with E-state index < -0.39 is 0 Å². The third kappa shape index (κ3) is 6.85. The molecule has 4 unspecified atom stereocenters. The van der Waals surface area contributed by atoms with Crippen molar-refractivity contribution >= 4 is 50.5 Å².